The third kappa shape index (κ3) is 0.618. The van der Waals surface area contributed by atoms with Crippen LogP contribution in [-0.2, 0) is 6.54 Å². The van der Waals surface area contributed by atoms with Crippen molar-refractivity contribution in [2.24, 2.45) is 5.92 Å². The maximum Gasteiger partial charge on any atom is 0.0948 e. The highest BCUT2D eigenvalue weighted by molar-refractivity contribution is 5.10. The monoisotopic (exact) mass is 136 g/mol. The van der Waals surface area contributed by atoms with Crippen molar-refractivity contribution in [1.82, 2.24) is 9.55 Å². The summed E-state index contributed by atoms with van der Waals surface area (Å²) in [6.07, 6.45) is 3.91. The first-order valence-electron chi connectivity index (χ1n) is 3.79. The summed E-state index contributed by atoms with van der Waals surface area (Å²) in [5.41, 5.74) is 1.40. The molecule has 0 saturated heterocycles. The van der Waals surface area contributed by atoms with Crippen molar-refractivity contribution in [1.29, 1.82) is 0 Å². The van der Waals surface area contributed by atoms with E-state index >= 15 is 0 Å². The number of fused-ring (bicyclic) bond motifs is 1. The van der Waals surface area contributed by atoms with Gasteiger partial charge in [-0.25, -0.2) is 4.98 Å². The van der Waals surface area contributed by atoms with Gasteiger partial charge < -0.3 is 4.57 Å². The van der Waals surface area contributed by atoms with Crippen LogP contribution in [0.2, 0.25) is 0 Å². The van der Waals surface area contributed by atoms with Gasteiger partial charge in [-0.3, -0.25) is 0 Å². The predicted octanol–water partition coefficient (Wildman–Crippen LogP) is 1.64. The van der Waals surface area contributed by atoms with Gasteiger partial charge in [0.25, 0.3) is 0 Å². The van der Waals surface area contributed by atoms with Crippen LogP contribution < -0.4 is 0 Å². The molecule has 0 amide bonds. The molecule has 2 heteroatoms. The Morgan fingerprint density at radius 2 is 2.40 bits per heavy atom. The minimum absolute atomic E-state index is 0.697. The van der Waals surface area contributed by atoms with E-state index in [1.54, 1.807) is 0 Å². The van der Waals surface area contributed by atoms with Gasteiger partial charge in [0.05, 0.1) is 6.33 Å². The van der Waals surface area contributed by atoms with Crippen LogP contribution in [0.1, 0.15) is 25.5 Å². The van der Waals surface area contributed by atoms with Crippen LogP contribution in [0.3, 0.4) is 0 Å². The quantitative estimate of drug-likeness (QED) is 0.530. The highest BCUT2D eigenvalue weighted by Gasteiger charge is 2.24. The number of hydrogen-bond acceptors (Lipinski definition) is 1. The molecule has 2 atom stereocenters. The molecule has 10 heavy (non-hydrogen) atoms. The van der Waals surface area contributed by atoms with Crippen LogP contribution in [-0.4, -0.2) is 9.55 Å². The highest BCUT2D eigenvalue weighted by Crippen LogP contribution is 2.31. The molecule has 2 unspecified atom stereocenters. The molecule has 0 radical (unpaired) electrons. The van der Waals surface area contributed by atoms with E-state index in [9.17, 15) is 0 Å². The van der Waals surface area contributed by atoms with E-state index in [1.807, 2.05) is 12.5 Å². The summed E-state index contributed by atoms with van der Waals surface area (Å²) in [5.74, 6) is 1.49. The molecule has 0 bridgehead atoms. The summed E-state index contributed by atoms with van der Waals surface area (Å²) in [6, 6.07) is 0. The second-order valence-electron chi connectivity index (χ2n) is 3.24. The van der Waals surface area contributed by atoms with E-state index in [0.717, 1.165) is 12.5 Å². The van der Waals surface area contributed by atoms with Crippen LogP contribution in [0.25, 0.3) is 0 Å². The van der Waals surface area contributed by atoms with Crippen molar-refractivity contribution in [2.45, 2.75) is 26.3 Å². The van der Waals surface area contributed by atoms with E-state index in [1.165, 1.54) is 5.69 Å². The number of nitrogens with zero attached hydrogens (tertiary/aromatic N) is 2. The molecule has 0 aromatic carbocycles. The minimum Gasteiger partial charge on any atom is -0.334 e. The maximum atomic E-state index is 4.09. The average Bonchev–Trinajstić information content (AvgIpc) is 2.41. The predicted molar refractivity (Wildman–Crippen MR) is 39.8 cm³/mol. The second kappa shape index (κ2) is 1.84. The van der Waals surface area contributed by atoms with Crippen LogP contribution >= 0.6 is 0 Å². The largest absolute Gasteiger partial charge is 0.334 e. The van der Waals surface area contributed by atoms with E-state index in [4.69, 9.17) is 0 Å². The SMILES string of the molecule is CC1Cn2cncc2C1C. The van der Waals surface area contributed by atoms with Crippen LogP contribution in [0.5, 0.6) is 0 Å². The zero-order valence-electron chi connectivity index (χ0n) is 6.41. The third-order valence-corrected chi connectivity index (χ3v) is 2.55. The van der Waals surface area contributed by atoms with E-state index in [0.29, 0.717) is 5.92 Å². The molecule has 0 N–H and O–H groups in total. The number of aromatic nitrogens is 2. The summed E-state index contributed by atoms with van der Waals surface area (Å²) < 4.78 is 2.25. The Bertz CT molecular complexity index is 239. The molecule has 2 heterocycles. The van der Waals surface area contributed by atoms with Gasteiger partial charge in [0, 0.05) is 24.4 Å². The number of rotatable bonds is 0. The Morgan fingerprint density at radius 3 is 3.10 bits per heavy atom. The fourth-order valence-electron chi connectivity index (χ4n) is 1.62. The zero-order valence-corrected chi connectivity index (χ0v) is 6.41. The van der Waals surface area contributed by atoms with E-state index in [-0.39, 0.29) is 0 Å². The van der Waals surface area contributed by atoms with Crippen molar-refractivity contribution in [3.05, 3.63) is 18.2 Å². The average molecular weight is 136 g/mol. The van der Waals surface area contributed by atoms with Crippen molar-refractivity contribution >= 4 is 0 Å². The zero-order chi connectivity index (χ0) is 7.14. The first-order chi connectivity index (χ1) is 4.79. The van der Waals surface area contributed by atoms with Crippen LogP contribution in [0.15, 0.2) is 12.5 Å². The lowest BCUT2D eigenvalue weighted by molar-refractivity contribution is 0.499. The van der Waals surface area contributed by atoms with Crippen molar-refractivity contribution in [3.8, 4) is 0 Å². The van der Waals surface area contributed by atoms with Crippen LogP contribution in [0, 0.1) is 5.92 Å². The molecule has 0 fully saturated rings. The summed E-state index contributed by atoms with van der Waals surface area (Å²) in [5, 5.41) is 0. The summed E-state index contributed by atoms with van der Waals surface area (Å²) >= 11 is 0. The fourth-order valence-corrected chi connectivity index (χ4v) is 1.62. The summed E-state index contributed by atoms with van der Waals surface area (Å²) in [4.78, 5) is 4.09. The molecule has 54 valence electrons. The number of imidazole rings is 1. The molecule has 1 aliphatic rings. The van der Waals surface area contributed by atoms with Crippen molar-refractivity contribution in [3.63, 3.8) is 0 Å². The Kier molecular flexibility index (Phi) is 1.10. The van der Waals surface area contributed by atoms with Gasteiger partial charge in [0.15, 0.2) is 0 Å². The molecule has 0 saturated carbocycles. The molecule has 0 aliphatic carbocycles. The smallest absolute Gasteiger partial charge is 0.0948 e. The number of hydrogen-bond donors (Lipinski definition) is 0. The lowest BCUT2D eigenvalue weighted by Gasteiger charge is -2.05. The first kappa shape index (κ1) is 5.96. The molecule has 1 aromatic rings. The molecule has 0 spiro atoms. The lowest BCUT2D eigenvalue weighted by Crippen LogP contribution is -1.99. The minimum atomic E-state index is 0.697. The maximum absolute atomic E-state index is 4.09. The third-order valence-electron chi connectivity index (χ3n) is 2.55. The van der Waals surface area contributed by atoms with Crippen molar-refractivity contribution in [2.75, 3.05) is 0 Å². The summed E-state index contributed by atoms with van der Waals surface area (Å²) in [7, 11) is 0. The van der Waals surface area contributed by atoms with Gasteiger partial charge in [-0.2, -0.15) is 0 Å². The topological polar surface area (TPSA) is 17.8 Å². The standard InChI is InChI=1S/C8H12N2/c1-6-4-10-5-9-3-8(10)7(6)2/h3,5-7H,4H2,1-2H3. The van der Waals surface area contributed by atoms with Gasteiger partial charge in [0.1, 0.15) is 0 Å². The van der Waals surface area contributed by atoms with E-state index < -0.39 is 0 Å². The van der Waals surface area contributed by atoms with E-state index in [2.05, 4.69) is 23.4 Å². The summed E-state index contributed by atoms with van der Waals surface area (Å²) in [6.45, 7) is 5.71. The molecule has 1 aromatic heterocycles. The molecular formula is C8H12N2. The highest BCUT2D eigenvalue weighted by atomic mass is 15.1. The van der Waals surface area contributed by atoms with Gasteiger partial charge in [0.2, 0.25) is 0 Å². The van der Waals surface area contributed by atoms with Gasteiger partial charge >= 0.3 is 0 Å². The Balaban J connectivity index is 2.43. The van der Waals surface area contributed by atoms with Crippen molar-refractivity contribution < 1.29 is 0 Å². The second-order valence-corrected chi connectivity index (χ2v) is 3.24. The Hall–Kier alpha value is -0.790. The molecule has 2 rings (SSSR count). The molecule has 2 nitrogen and oxygen atoms in total. The first-order valence-corrected chi connectivity index (χ1v) is 3.79. The normalized spacial score (nSPS) is 30.6. The van der Waals surface area contributed by atoms with Crippen LogP contribution in [0.4, 0.5) is 0 Å². The molecule has 1 aliphatic heterocycles. The Labute approximate surface area is 60.9 Å². The fraction of sp³-hybridized carbons (Fsp3) is 0.625. The van der Waals surface area contributed by atoms with Gasteiger partial charge in [-0.15, -0.1) is 0 Å². The lowest BCUT2D eigenvalue weighted by atomic mass is 9.98. The Morgan fingerprint density at radius 1 is 1.60 bits per heavy atom. The van der Waals surface area contributed by atoms with Gasteiger partial charge in [-0.1, -0.05) is 13.8 Å². The van der Waals surface area contributed by atoms with Gasteiger partial charge in [-0.05, 0) is 5.92 Å². The molecular weight excluding hydrogens is 124 g/mol.